The average molecular weight is 605 g/mol. The van der Waals surface area contributed by atoms with E-state index in [2.05, 4.69) is 95.8 Å². The smallest absolute Gasteiger partial charge is 0.146 e. The summed E-state index contributed by atoms with van der Waals surface area (Å²) in [6.45, 7) is 0. The van der Waals surface area contributed by atoms with Gasteiger partial charge in [-0.2, -0.15) is 0 Å². The van der Waals surface area contributed by atoms with Gasteiger partial charge in [-0.05, 0) is 92.7 Å². The number of benzene rings is 1. The Kier molecular flexibility index (Phi) is 4.49. The topological polar surface area (TPSA) is 9.23 Å². The molecule has 82 valence electrons. The summed E-state index contributed by atoms with van der Waals surface area (Å²) >= 11 is 10.6. The van der Waals surface area contributed by atoms with E-state index in [1.165, 1.54) is 10.7 Å². The van der Waals surface area contributed by atoms with Crippen molar-refractivity contribution in [2.75, 3.05) is 5.33 Å². The number of hydrogen-bond acceptors (Lipinski definition) is 1. The van der Waals surface area contributed by atoms with E-state index >= 15 is 0 Å². The van der Waals surface area contributed by atoms with Crippen LogP contribution in [0, 0.1) is 10.7 Å². The first-order valence-corrected chi connectivity index (χ1v) is 8.82. The minimum absolute atomic E-state index is 0.0760. The van der Waals surface area contributed by atoms with Gasteiger partial charge in [-0.25, -0.2) is 0 Å². The highest BCUT2D eigenvalue weighted by Crippen LogP contribution is 2.44. The molecule has 1 aromatic rings. The summed E-state index contributed by atoms with van der Waals surface area (Å²) in [4.78, 5) is 0. The molecule has 1 aliphatic rings. The van der Waals surface area contributed by atoms with E-state index in [9.17, 15) is 0 Å². The lowest BCUT2D eigenvalue weighted by Crippen LogP contribution is -2.20. The highest BCUT2D eigenvalue weighted by atomic mass is 127. The van der Waals surface area contributed by atoms with E-state index in [1.54, 1.807) is 0 Å². The van der Waals surface area contributed by atoms with Gasteiger partial charge >= 0.3 is 0 Å². The second-order valence-electron chi connectivity index (χ2n) is 3.62. The predicted octanol–water partition coefficient (Wildman–Crippen LogP) is 4.81. The van der Waals surface area contributed by atoms with E-state index < -0.39 is 0 Å². The van der Waals surface area contributed by atoms with Crippen LogP contribution in [-0.4, -0.2) is 10.9 Å². The molecule has 0 N–H and O–H groups in total. The van der Waals surface area contributed by atoms with Crippen LogP contribution < -0.4 is 4.74 Å². The van der Waals surface area contributed by atoms with Gasteiger partial charge < -0.3 is 4.74 Å². The second kappa shape index (κ2) is 5.13. The molecule has 0 bridgehead atoms. The minimum Gasteiger partial charge on any atom is -0.484 e. The molecule has 15 heavy (non-hydrogen) atoms. The molecule has 1 fully saturated rings. The Bertz CT molecular complexity index is 367. The molecule has 0 amide bonds. The van der Waals surface area contributed by atoms with Crippen molar-refractivity contribution in [3.8, 4) is 5.75 Å². The Morgan fingerprint density at radius 3 is 2.13 bits per heavy atom. The normalized spacial score (nSPS) is 17.6. The maximum absolute atomic E-state index is 6.11. The lowest BCUT2D eigenvalue weighted by Gasteiger charge is -2.18. The van der Waals surface area contributed by atoms with Crippen molar-refractivity contribution in [3.05, 3.63) is 22.8 Å². The van der Waals surface area contributed by atoms with Crippen LogP contribution in [0.5, 0.6) is 5.75 Å². The first-order chi connectivity index (χ1) is 7.06. The quantitative estimate of drug-likeness (QED) is 0.356. The molecule has 0 radical (unpaired) electrons. The molecule has 1 nitrogen and oxygen atoms in total. The monoisotopic (exact) mass is 604 g/mol. The summed E-state index contributed by atoms with van der Waals surface area (Å²) in [6.07, 6.45) is 2.33. The number of halogens is 4. The van der Waals surface area contributed by atoms with Crippen LogP contribution in [0.2, 0.25) is 0 Å². The minimum atomic E-state index is 0.0760. The SMILES string of the molecule is BrCC1(Oc2c(I)cc(I)cc2I)CC1. The van der Waals surface area contributed by atoms with Crippen LogP contribution in [0.3, 0.4) is 0 Å². The first-order valence-electron chi connectivity index (χ1n) is 4.46. The molecule has 0 unspecified atom stereocenters. The number of hydrogen-bond donors (Lipinski definition) is 0. The second-order valence-corrected chi connectivity index (χ2v) is 7.75. The molecule has 0 aliphatic heterocycles. The van der Waals surface area contributed by atoms with Gasteiger partial charge in [0.2, 0.25) is 0 Å². The van der Waals surface area contributed by atoms with E-state index in [-0.39, 0.29) is 5.60 Å². The summed E-state index contributed by atoms with van der Waals surface area (Å²) in [5, 5.41) is 0.929. The zero-order valence-electron chi connectivity index (χ0n) is 7.70. The molecule has 0 spiro atoms. The van der Waals surface area contributed by atoms with Gasteiger partial charge in [0.25, 0.3) is 0 Å². The Morgan fingerprint density at radius 1 is 1.20 bits per heavy atom. The summed E-state index contributed by atoms with van der Waals surface area (Å²) in [7, 11) is 0. The first kappa shape index (κ1) is 13.1. The van der Waals surface area contributed by atoms with Crippen molar-refractivity contribution in [1.29, 1.82) is 0 Å². The Balaban J connectivity index is 2.28. The fraction of sp³-hybridized carbons (Fsp3) is 0.400. The molecule has 1 aromatic carbocycles. The molecule has 0 heterocycles. The van der Waals surface area contributed by atoms with Gasteiger partial charge in [0.15, 0.2) is 0 Å². The maximum atomic E-state index is 6.11. The summed E-state index contributed by atoms with van der Waals surface area (Å²) in [5.74, 6) is 1.05. The van der Waals surface area contributed by atoms with E-state index in [0.717, 1.165) is 23.9 Å². The molecule has 0 saturated heterocycles. The Morgan fingerprint density at radius 2 is 1.73 bits per heavy atom. The molecule has 0 atom stereocenters. The van der Waals surface area contributed by atoms with Crippen LogP contribution in [0.25, 0.3) is 0 Å². The van der Waals surface area contributed by atoms with Gasteiger partial charge in [-0.15, -0.1) is 0 Å². The molecule has 0 aromatic heterocycles. The summed E-state index contributed by atoms with van der Waals surface area (Å²) in [6, 6.07) is 4.31. The highest BCUT2D eigenvalue weighted by molar-refractivity contribution is 14.1. The van der Waals surface area contributed by atoms with Gasteiger partial charge in [0.05, 0.1) is 7.14 Å². The van der Waals surface area contributed by atoms with Crippen molar-refractivity contribution in [2.45, 2.75) is 18.4 Å². The molecule has 1 aliphatic carbocycles. The maximum Gasteiger partial charge on any atom is 0.146 e. The van der Waals surface area contributed by atoms with E-state index in [0.29, 0.717) is 0 Å². The highest BCUT2D eigenvalue weighted by Gasteiger charge is 2.45. The standard InChI is InChI=1S/C10H8BrI3O/c11-5-10(1-2-10)15-9-7(13)3-6(12)4-8(9)14/h3-4H,1-2,5H2. The summed E-state index contributed by atoms with van der Waals surface area (Å²) in [5.41, 5.74) is 0.0760. The number of ether oxygens (including phenoxy) is 1. The van der Waals surface area contributed by atoms with Crippen molar-refractivity contribution >= 4 is 83.7 Å². The zero-order valence-corrected chi connectivity index (χ0v) is 15.8. The third-order valence-electron chi connectivity index (χ3n) is 2.33. The Labute approximate surface area is 139 Å². The lowest BCUT2D eigenvalue weighted by atomic mass is 10.3. The average Bonchev–Trinajstić information content (AvgIpc) is 2.92. The van der Waals surface area contributed by atoms with E-state index in [1.807, 2.05) is 0 Å². The van der Waals surface area contributed by atoms with Crippen LogP contribution in [0.4, 0.5) is 0 Å². The number of rotatable bonds is 3. The van der Waals surface area contributed by atoms with E-state index in [4.69, 9.17) is 4.74 Å². The summed E-state index contributed by atoms with van der Waals surface area (Å²) < 4.78 is 9.78. The van der Waals surface area contributed by atoms with Crippen LogP contribution in [-0.2, 0) is 0 Å². The largest absolute Gasteiger partial charge is 0.484 e. The fourth-order valence-electron chi connectivity index (χ4n) is 1.25. The molecular weight excluding hydrogens is 597 g/mol. The fourth-order valence-corrected chi connectivity index (χ4v) is 5.72. The van der Waals surface area contributed by atoms with Gasteiger partial charge in [-0.3, -0.25) is 0 Å². The third kappa shape index (κ3) is 3.12. The van der Waals surface area contributed by atoms with Crippen molar-refractivity contribution < 1.29 is 4.74 Å². The van der Waals surface area contributed by atoms with Crippen LogP contribution >= 0.6 is 83.7 Å². The van der Waals surface area contributed by atoms with Crippen molar-refractivity contribution in [3.63, 3.8) is 0 Å². The van der Waals surface area contributed by atoms with Crippen molar-refractivity contribution in [1.82, 2.24) is 0 Å². The molecule has 2 rings (SSSR count). The lowest BCUT2D eigenvalue weighted by molar-refractivity contribution is 0.203. The van der Waals surface area contributed by atoms with Crippen LogP contribution in [0.15, 0.2) is 12.1 Å². The molecule has 1 saturated carbocycles. The van der Waals surface area contributed by atoms with Gasteiger partial charge in [-0.1, -0.05) is 15.9 Å². The van der Waals surface area contributed by atoms with Gasteiger partial charge in [0.1, 0.15) is 11.4 Å². The van der Waals surface area contributed by atoms with Crippen molar-refractivity contribution in [2.24, 2.45) is 0 Å². The Hall–Kier alpha value is 1.69. The molecular formula is C10H8BrI3O. The predicted molar refractivity (Wildman–Crippen MR) is 91.0 cm³/mol. The number of alkyl halides is 1. The van der Waals surface area contributed by atoms with Crippen LogP contribution in [0.1, 0.15) is 12.8 Å². The van der Waals surface area contributed by atoms with Gasteiger partial charge in [0, 0.05) is 8.90 Å². The third-order valence-corrected chi connectivity index (χ3v) is 5.58. The zero-order chi connectivity index (χ0) is 11.1. The molecule has 5 heteroatoms.